The number of aromatic carboxylic acids is 1. The highest BCUT2D eigenvalue weighted by Gasteiger charge is 2.08. The standard InChI is InChI=1S/C14H17N3O3/c1-9(18)3-2-6-15-13-11-5-4-10(14(19)20)7-12(11)16-8-17-13/h4-5,7-9,18H,2-3,6H2,1H3,(H,19,20)(H,15,16,17). The summed E-state index contributed by atoms with van der Waals surface area (Å²) in [7, 11) is 0. The largest absolute Gasteiger partial charge is 0.478 e. The number of aromatic nitrogens is 2. The Balaban J connectivity index is 2.15. The highest BCUT2D eigenvalue weighted by molar-refractivity contribution is 5.96. The van der Waals surface area contributed by atoms with E-state index in [1.807, 2.05) is 0 Å². The maximum absolute atomic E-state index is 10.9. The van der Waals surface area contributed by atoms with Gasteiger partial charge in [0.05, 0.1) is 17.2 Å². The van der Waals surface area contributed by atoms with Crippen LogP contribution in [0.3, 0.4) is 0 Å². The number of carboxylic acid groups (broad SMARTS) is 1. The number of anilines is 1. The van der Waals surface area contributed by atoms with Gasteiger partial charge in [-0.1, -0.05) is 0 Å². The molecular weight excluding hydrogens is 258 g/mol. The summed E-state index contributed by atoms with van der Waals surface area (Å²) in [6.07, 6.45) is 2.65. The van der Waals surface area contributed by atoms with Crippen molar-refractivity contribution >= 4 is 22.7 Å². The second-order valence-electron chi connectivity index (χ2n) is 4.68. The number of rotatable bonds is 6. The molecule has 0 spiro atoms. The molecule has 6 heteroatoms. The van der Waals surface area contributed by atoms with Crippen LogP contribution in [0.4, 0.5) is 5.82 Å². The van der Waals surface area contributed by atoms with Crippen molar-refractivity contribution in [2.75, 3.05) is 11.9 Å². The Morgan fingerprint density at radius 1 is 1.40 bits per heavy atom. The molecule has 1 heterocycles. The first-order chi connectivity index (χ1) is 9.58. The summed E-state index contributed by atoms with van der Waals surface area (Å²) in [4.78, 5) is 19.2. The Morgan fingerprint density at radius 3 is 2.90 bits per heavy atom. The predicted octanol–water partition coefficient (Wildman–Crippen LogP) is 1.90. The molecule has 0 fully saturated rings. The van der Waals surface area contributed by atoms with E-state index in [2.05, 4.69) is 15.3 Å². The molecule has 0 radical (unpaired) electrons. The number of benzene rings is 1. The monoisotopic (exact) mass is 275 g/mol. The molecule has 0 amide bonds. The smallest absolute Gasteiger partial charge is 0.335 e. The third kappa shape index (κ3) is 3.42. The van der Waals surface area contributed by atoms with Crippen LogP contribution in [0.1, 0.15) is 30.1 Å². The fourth-order valence-electron chi connectivity index (χ4n) is 1.94. The SMILES string of the molecule is CC(O)CCCNc1ncnc2cc(C(=O)O)ccc12. The summed E-state index contributed by atoms with van der Waals surface area (Å²) < 4.78 is 0. The number of nitrogens with one attached hydrogen (secondary N) is 1. The quantitative estimate of drug-likeness (QED) is 0.697. The highest BCUT2D eigenvalue weighted by Crippen LogP contribution is 2.20. The normalized spacial score (nSPS) is 12.3. The average Bonchev–Trinajstić information content (AvgIpc) is 2.42. The summed E-state index contributed by atoms with van der Waals surface area (Å²) in [5, 5.41) is 22.1. The van der Waals surface area contributed by atoms with Crippen LogP contribution in [-0.4, -0.2) is 38.8 Å². The summed E-state index contributed by atoms with van der Waals surface area (Å²) >= 11 is 0. The van der Waals surface area contributed by atoms with Crippen LogP contribution < -0.4 is 5.32 Å². The van der Waals surface area contributed by atoms with Gasteiger partial charge in [-0.05, 0) is 38.0 Å². The van der Waals surface area contributed by atoms with Gasteiger partial charge in [0.2, 0.25) is 0 Å². The third-order valence-corrected chi connectivity index (χ3v) is 2.97. The molecule has 106 valence electrons. The minimum atomic E-state index is -0.975. The molecule has 2 aromatic rings. The molecule has 2 rings (SSSR count). The van der Waals surface area contributed by atoms with Crippen LogP contribution in [0.5, 0.6) is 0 Å². The molecule has 0 aliphatic carbocycles. The lowest BCUT2D eigenvalue weighted by Gasteiger charge is -2.09. The van der Waals surface area contributed by atoms with Gasteiger partial charge >= 0.3 is 5.97 Å². The van der Waals surface area contributed by atoms with Crippen molar-refractivity contribution in [2.24, 2.45) is 0 Å². The first-order valence-corrected chi connectivity index (χ1v) is 6.48. The molecule has 20 heavy (non-hydrogen) atoms. The molecule has 3 N–H and O–H groups in total. The van der Waals surface area contributed by atoms with E-state index in [0.717, 1.165) is 18.2 Å². The van der Waals surface area contributed by atoms with Crippen molar-refractivity contribution in [1.82, 2.24) is 9.97 Å². The Labute approximate surface area is 116 Å². The van der Waals surface area contributed by atoms with Gasteiger partial charge in [0.15, 0.2) is 0 Å². The predicted molar refractivity (Wildman–Crippen MR) is 75.9 cm³/mol. The Bertz CT molecular complexity index is 614. The summed E-state index contributed by atoms with van der Waals surface area (Å²) in [6, 6.07) is 4.77. The van der Waals surface area contributed by atoms with Crippen LogP contribution in [0, 0.1) is 0 Å². The molecule has 0 saturated carbocycles. The van der Waals surface area contributed by atoms with Gasteiger partial charge in [0.25, 0.3) is 0 Å². The van der Waals surface area contributed by atoms with Gasteiger partial charge in [-0.25, -0.2) is 14.8 Å². The number of carbonyl (C=O) groups is 1. The number of fused-ring (bicyclic) bond motifs is 1. The first-order valence-electron chi connectivity index (χ1n) is 6.48. The molecule has 1 aromatic carbocycles. The van der Waals surface area contributed by atoms with E-state index < -0.39 is 5.97 Å². The topological polar surface area (TPSA) is 95.3 Å². The number of nitrogens with zero attached hydrogens (tertiary/aromatic N) is 2. The second-order valence-corrected chi connectivity index (χ2v) is 4.68. The van der Waals surface area contributed by atoms with Gasteiger partial charge in [0.1, 0.15) is 12.1 Å². The Kier molecular flexibility index (Phi) is 4.47. The van der Waals surface area contributed by atoms with Gasteiger partial charge in [0, 0.05) is 11.9 Å². The number of hydrogen-bond acceptors (Lipinski definition) is 5. The van der Waals surface area contributed by atoms with Crippen molar-refractivity contribution in [2.45, 2.75) is 25.9 Å². The van der Waals surface area contributed by atoms with Crippen molar-refractivity contribution < 1.29 is 15.0 Å². The molecular formula is C14H17N3O3. The molecule has 0 aliphatic heterocycles. The van der Waals surface area contributed by atoms with Crippen molar-refractivity contribution in [3.63, 3.8) is 0 Å². The first kappa shape index (κ1) is 14.2. The van der Waals surface area contributed by atoms with E-state index in [4.69, 9.17) is 5.11 Å². The summed E-state index contributed by atoms with van der Waals surface area (Å²) in [5.74, 6) is -0.297. The van der Waals surface area contributed by atoms with Gasteiger partial charge in [-0.15, -0.1) is 0 Å². The van der Waals surface area contributed by atoms with Crippen molar-refractivity contribution in [3.8, 4) is 0 Å². The van der Waals surface area contributed by atoms with E-state index in [-0.39, 0.29) is 11.7 Å². The van der Waals surface area contributed by atoms with Crippen LogP contribution in [-0.2, 0) is 0 Å². The van der Waals surface area contributed by atoms with Crippen LogP contribution in [0.2, 0.25) is 0 Å². The molecule has 1 aromatic heterocycles. The molecule has 0 aliphatic rings. The van der Waals surface area contributed by atoms with Gasteiger partial charge in [-0.3, -0.25) is 0 Å². The minimum absolute atomic E-state index is 0.205. The van der Waals surface area contributed by atoms with E-state index in [1.54, 1.807) is 13.0 Å². The average molecular weight is 275 g/mol. The van der Waals surface area contributed by atoms with Crippen molar-refractivity contribution in [3.05, 3.63) is 30.1 Å². The van der Waals surface area contributed by atoms with Crippen LogP contribution in [0.15, 0.2) is 24.5 Å². The Hall–Kier alpha value is -2.21. The number of carboxylic acids is 1. The van der Waals surface area contributed by atoms with E-state index in [1.165, 1.54) is 18.5 Å². The van der Waals surface area contributed by atoms with E-state index in [9.17, 15) is 9.90 Å². The third-order valence-electron chi connectivity index (χ3n) is 2.97. The molecule has 1 unspecified atom stereocenters. The van der Waals surface area contributed by atoms with Crippen LogP contribution in [0.25, 0.3) is 10.9 Å². The van der Waals surface area contributed by atoms with Crippen molar-refractivity contribution in [1.29, 1.82) is 0 Å². The van der Waals surface area contributed by atoms with E-state index >= 15 is 0 Å². The summed E-state index contributed by atoms with van der Waals surface area (Å²) in [5.41, 5.74) is 0.800. The molecule has 0 bridgehead atoms. The van der Waals surface area contributed by atoms with Gasteiger partial charge < -0.3 is 15.5 Å². The number of aliphatic hydroxyl groups is 1. The molecule has 6 nitrogen and oxygen atoms in total. The zero-order valence-electron chi connectivity index (χ0n) is 11.2. The van der Waals surface area contributed by atoms with E-state index in [0.29, 0.717) is 17.9 Å². The second kappa shape index (κ2) is 6.29. The maximum atomic E-state index is 10.9. The number of aliphatic hydroxyl groups excluding tert-OH is 1. The maximum Gasteiger partial charge on any atom is 0.335 e. The molecule has 1 atom stereocenters. The minimum Gasteiger partial charge on any atom is -0.478 e. The molecule has 0 saturated heterocycles. The number of hydrogen-bond donors (Lipinski definition) is 3. The van der Waals surface area contributed by atoms with Crippen LogP contribution >= 0.6 is 0 Å². The lowest BCUT2D eigenvalue weighted by molar-refractivity contribution is 0.0697. The fraction of sp³-hybridized carbons (Fsp3) is 0.357. The highest BCUT2D eigenvalue weighted by atomic mass is 16.4. The Morgan fingerprint density at radius 2 is 2.20 bits per heavy atom. The lowest BCUT2D eigenvalue weighted by Crippen LogP contribution is -2.08. The van der Waals surface area contributed by atoms with Gasteiger partial charge in [-0.2, -0.15) is 0 Å². The lowest BCUT2D eigenvalue weighted by atomic mass is 10.1. The fourth-order valence-corrected chi connectivity index (χ4v) is 1.94. The zero-order chi connectivity index (χ0) is 14.5. The summed E-state index contributed by atoms with van der Waals surface area (Å²) in [6.45, 7) is 2.45. The zero-order valence-corrected chi connectivity index (χ0v) is 11.2.